The van der Waals surface area contributed by atoms with Gasteiger partial charge in [-0.25, -0.2) is 14.8 Å². The predicted molar refractivity (Wildman–Crippen MR) is 78.6 cm³/mol. The van der Waals surface area contributed by atoms with Gasteiger partial charge in [-0.1, -0.05) is 13.8 Å². The van der Waals surface area contributed by atoms with Gasteiger partial charge in [-0.2, -0.15) is 0 Å². The number of amides is 1. The first-order chi connectivity index (χ1) is 10.4. The van der Waals surface area contributed by atoms with Gasteiger partial charge in [0.1, 0.15) is 6.33 Å². The minimum absolute atomic E-state index is 0.0290. The van der Waals surface area contributed by atoms with Gasteiger partial charge in [0, 0.05) is 19.9 Å². The first-order valence-electron chi connectivity index (χ1n) is 7.28. The van der Waals surface area contributed by atoms with Gasteiger partial charge in [-0.15, -0.1) is 0 Å². The fourth-order valence-corrected chi connectivity index (χ4v) is 2.96. The fourth-order valence-electron chi connectivity index (χ4n) is 2.96. The van der Waals surface area contributed by atoms with Gasteiger partial charge in [0.05, 0.1) is 17.9 Å². The van der Waals surface area contributed by atoms with Crippen LogP contribution in [0.2, 0.25) is 0 Å². The summed E-state index contributed by atoms with van der Waals surface area (Å²) in [6.45, 7) is 4.23. The van der Waals surface area contributed by atoms with Crippen molar-refractivity contribution in [3.8, 4) is 0 Å². The molecule has 1 unspecified atom stereocenters. The van der Waals surface area contributed by atoms with E-state index in [0.29, 0.717) is 30.6 Å². The number of aliphatic carboxylic acids is 1. The lowest BCUT2D eigenvalue weighted by molar-refractivity contribution is -0.151. The van der Waals surface area contributed by atoms with Crippen LogP contribution in [0, 0.1) is 0 Å². The summed E-state index contributed by atoms with van der Waals surface area (Å²) in [6.07, 6.45) is 3.87. The number of carboxylic acid groups (broad SMARTS) is 1. The molecule has 0 aromatic carbocycles. The van der Waals surface area contributed by atoms with Crippen LogP contribution in [0.4, 0.5) is 0 Å². The third kappa shape index (κ3) is 2.68. The Morgan fingerprint density at radius 2 is 2.23 bits per heavy atom. The van der Waals surface area contributed by atoms with E-state index in [2.05, 4.69) is 9.97 Å². The lowest BCUT2D eigenvalue weighted by Gasteiger charge is -2.34. The molecule has 0 aliphatic carbocycles. The number of methoxy groups -OCH3 is 1. The minimum atomic E-state index is -1.31. The van der Waals surface area contributed by atoms with Crippen LogP contribution in [0.25, 0.3) is 0 Å². The van der Waals surface area contributed by atoms with Crippen LogP contribution >= 0.6 is 0 Å². The smallest absolute Gasteiger partial charge is 0.332 e. The van der Waals surface area contributed by atoms with Crippen molar-refractivity contribution in [3.63, 3.8) is 0 Å². The molecule has 1 aliphatic rings. The molecule has 1 aliphatic heterocycles. The quantitative estimate of drug-likeness (QED) is 0.881. The standard InChI is InChI=1S/C15H21N3O4/c1-10(2)12-11(7-16-9-17-12)13(19)18-6-4-5-15(18,8-22-3)14(20)21/h7,9-10H,4-6,8H2,1-3H3,(H,20,21). The Morgan fingerprint density at radius 1 is 1.50 bits per heavy atom. The molecule has 1 atom stereocenters. The van der Waals surface area contributed by atoms with Gasteiger partial charge >= 0.3 is 5.97 Å². The van der Waals surface area contributed by atoms with Crippen LogP contribution in [0.3, 0.4) is 0 Å². The van der Waals surface area contributed by atoms with Crippen LogP contribution in [0.15, 0.2) is 12.5 Å². The van der Waals surface area contributed by atoms with Crippen molar-refractivity contribution in [2.75, 3.05) is 20.3 Å². The normalized spacial score (nSPS) is 21.4. The molecule has 120 valence electrons. The molecule has 1 saturated heterocycles. The van der Waals surface area contributed by atoms with Crippen LogP contribution in [-0.2, 0) is 9.53 Å². The third-order valence-corrected chi connectivity index (χ3v) is 4.04. The highest BCUT2D eigenvalue weighted by atomic mass is 16.5. The molecule has 22 heavy (non-hydrogen) atoms. The average molecular weight is 307 g/mol. The van der Waals surface area contributed by atoms with Crippen molar-refractivity contribution in [1.29, 1.82) is 0 Å². The average Bonchev–Trinajstić information content (AvgIpc) is 2.92. The van der Waals surface area contributed by atoms with Gasteiger partial charge in [0.25, 0.3) is 5.91 Å². The summed E-state index contributed by atoms with van der Waals surface area (Å²) in [4.78, 5) is 34.2. The molecule has 2 heterocycles. The van der Waals surface area contributed by atoms with E-state index in [1.54, 1.807) is 0 Å². The third-order valence-electron chi connectivity index (χ3n) is 4.04. The largest absolute Gasteiger partial charge is 0.479 e. The fraction of sp³-hybridized carbons (Fsp3) is 0.600. The minimum Gasteiger partial charge on any atom is -0.479 e. The number of carbonyl (C=O) groups excluding carboxylic acids is 1. The Kier molecular flexibility index (Phi) is 4.75. The number of ether oxygens (including phenoxy) is 1. The molecule has 0 radical (unpaired) electrons. The number of aromatic nitrogens is 2. The van der Waals surface area contributed by atoms with Gasteiger partial charge in [0.15, 0.2) is 5.54 Å². The maximum atomic E-state index is 12.9. The van der Waals surface area contributed by atoms with Crippen molar-refractivity contribution >= 4 is 11.9 Å². The van der Waals surface area contributed by atoms with Crippen molar-refractivity contribution in [2.45, 2.75) is 38.1 Å². The summed E-state index contributed by atoms with van der Waals surface area (Å²) in [5, 5.41) is 9.63. The van der Waals surface area contributed by atoms with Crippen LogP contribution in [0.1, 0.15) is 48.7 Å². The summed E-state index contributed by atoms with van der Waals surface area (Å²) >= 11 is 0. The molecule has 7 nitrogen and oxygen atoms in total. The molecule has 1 fully saturated rings. The Bertz CT molecular complexity index is 576. The number of rotatable bonds is 5. The zero-order chi connectivity index (χ0) is 16.3. The number of hydrogen-bond acceptors (Lipinski definition) is 5. The Morgan fingerprint density at radius 3 is 2.82 bits per heavy atom. The molecule has 0 bridgehead atoms. The van der Waals surface area contributed by atoms with E-state index < -0.39 is 11.5 Å². The molecule has 0 spiro atoms. The van der Waals surface area contributed by atoms with Gasteiger partial charge in [-0.05, 0) is 18.8 Å². The summed E-state index contributed by atoms with van der Waals surface area (Å²) in [5.74, 6) is -1.34. The summed E-state index contributed by atoms with van der Waals surface area (Å²) in [7, 11) is 1.44. The number of nitrogens with zero attached hydrogens (tertiary/aromatic N) is 3. The van der Waals surface area contributed by atoms with Gasteiger partial charge in [-0.3, -0.25) is 4.79 Å². The Labute approximate surface area is 129 Å². The first-order valence-corrected chi connectivity index (χ1v) is 7.28. The second-order valence-electron chi connectivity index (χ2n) is 5.81. The van der Waals surface area contributed by atoms with E-state index in [1.807, 2.05) is 13.8 Å². The van der Waals surface area contributed by atoms with Crippen LogP contribution in [-0.4, -0.2) is 57.7 Å². The zero-order valence-corrected chi connectivity index (χ0v) is 13.1. The van der Waals surface area contributed by atoms with E-state index in [0.717, 1.165) is 0 Å². The van der Waals surface area contributed by atoms with Crippen molar-refractivity contribution in [2.24, 2.45) is 0 Å². The molecule has 1 aromatic heterocycles. The van der Waals surface area contributed by atoms with Gasteiger partial charge in [0.2, 0.25) is 0 Å². The van der Waals surface area contributed by atoms with Gasteiger partial charge < -0.3 is 14.7 Å². The lowest BCUT2D eigenvalue weighted by Crippen LogP contribution is -2.56. The topological polar surface area (TPSA) is 92.6 Å². The second kappa shape index (κ2) is 6.39. The lowest BCUT2D eigenvalue weighted by atomic mass is 9.96. The number of carbonyl (C=O) groups is 2. The van der Waals surface area contributed by atoms with E-state index in [9.17, 15) is 14.7 Å². The highest BCUT2D eigenvalue weighted by molar-refractivity contribution is 5.99. The van der Waals surface area contributed by atoms with Crippen LogP contribution < -0.4 is 0 Å². The monoisotopic (exact) mass is 307 g/mol. The first kappa shape index (κ1) is 16.4. The van der Waals surface area contributed by atoms with E-state index >= 15 is 0 Å². The Hall–Kier alpha value is -2.02. The maximum Gasteiger partial charge on any atom is 0.332 e. The molecule has 1 amide bonds. The maximum absolute atomic E-state index is 12.9. The van der Waals surface area contributed by atoms with Crippen molar-refractivity contribution in [3.05, 3.63) is 23.8 Å². The van der Waals surface area contributed by atoms with Crippen LogP contribution in [0.5, 0.6) is 0 Å². The molecule has 1 N–H and O–H groups in total. The van der Waals surface area contributed by atoms with E-state index in [4.69, 9.17) is 4.74 Å². The predicted octanol–water partition coefficient (Wildman–Crippen LogP) is 1.31. The summed E-state index contributed by atoms with van der Waals surface area (Å²) < 4.78 is 5.08. The van der Waals surface area contributed by atoms with E-state index in [1.165, 1.54) is 24.5 Å². The second-order valence-corrected chi connectivity index (χ2v) is 5.81. The summed E-state index contributed by atoms with van der Waals surface area (Å²) in [5.41, 5.74) is -0.319. The number of carboxylic acids is 1. The zero-order valence-electron chi connectivity index (χ0n) is 13.1. The van der Waals surface area contributed by atoms with E-state index in [-0.39, 0.29) is 18.4 Å². The number of hydrogen-bond donors (Lipinski definition) is 1. The highest BCUT2D eigenvalue weighted by Crippen LogP contribution is 2.32. The highest BCUT2D eigenvalue weighted by Gasteiger charge is 2.50. The molecule has 1 aromatic rings. The molecule has 0 saturated carbocycles. The van der Waals surface area contributed by atoms with Crippen molar-refractivity contribution < 1.29 is 19.4 Å². The molecular weight excluding hydrogens is 286 g/mol. The Balaban J connectivity index is 2.42. The molecular formula is C15H21N3O4. The summed E-state index contributed by atoms with van der Waals surface area (Å²) in [6, 6.07) is 0. The molecule has 2 rings (SSSR count). The molecule has 7 heteroatoms. The number of likely N-dealkylation sites (tertiary alicyclic amines) is 1. The SMILES string of the molecule is COCC1(C(=O)O)CCCN1C(=O)c1cncnc1C(C)C. The van der Waals surface area contributed by atoms with Crippen molar-refractivity contribution in [1.82, 2.24) is 14.9 Å².